The van der Waals surface area contributed by atoms with E-state index < -0.39 is 33.9 Å². The summed E-state index contributed by atoms with van der Waals surface area (Å²) in [5.74, 6) is -1.14. The fourth-order valence-corrected chi connectivity index (χ4v) is 7.23. The van der Waals surface area contributed by atoms with Crippen LogP contribution in [0.5, 0.6) is 0 Å². The number of hydrogen-bond acceptors (Lipinski definition) is 5. The maximum Gasteiger partial charge on any atom is 0.416 e. The van der Waals surface area contributed by atoms with Crippen LogP contribution in [-0.2, 0) is 32.5 Å². The van der Waals surface area contributed by atoms with Gasteiger partial charge >= 0.3 is 6.18 Å². The third-order valence-electron chi connectivity index (χ3n) is 7.75. The van der Waals surface area contributed by atoms with Gasteiger partial charge in [-0.1, -0.05) is 12.1 Å². The van der Waals surface area contributed by atoms with E-state index in [4.69, 9.17) is 0 Å². The van der Waals surface area contributed by atoms with Crippen molar-refractivity contribution in [1.82, 2.24) is 28.4 Å². The zero-order valence-electron chi connectivity index (χ0n) is 21.3. The Bertz CT molecular complexity index is 1280. The normalized spacial score (nSPS) is 23.5. The monoisotopic (exact) mass is 568 g/mol. The number of imidazole rings is 1. The number of aromatic nitrogens is 2. The van der Waals surface area contributed by atoms with Crippen molar-refractivity contribution in [2.75, 3.05) is 32.7 Å². The van der Waals surface area contributed by atoms with Crippen LogP contribution in [0.3, 0.4) is 0 Å². The number of likely N-dealkylation sites (tertiary alicyclic amines) is 1. The average molecular weight is 569 g/mol. The first-order valence-corrected chi connectivity index (χ1v) is 14.4. The molecule has 39 heavy (non-hydrogen) atoms. The van der Waals surface area contributed by atoms with E-state index in [0.29, 0.717) is 57.4 Å². The molecule has 3 saturated heterocycles. The van der Waals surface area contributed by atoms with Crippen LogP contribution in [0.15, 0.2) is 43.0 Å². The molecule has 0 bridgehead atoms. The summed E-state index contributed by atoms with van der Waals surface area (Å²) in [6.07, 6.45) is 2.89. The van der Waals surface area contributed by atoms with Crippen molar-refractivity contribution in [3.05, 3.63) is 54.1 Å². The smallest absolute Gasteiger partial charge is 0.350 e. The molecule has 1 aromatic carbocycles. The first kappa shape index (κ1) is 27.6. The highest BCUT2D eigenvalue weighted by Gasteiger charge is 2.44. The van der Waals surface area contributed by atoms with E-state index >= 15 is 0 Å². The lowest BCUT2D eigenvalue weighted by molar-refractivity contribution is -0.142. The van der Waals surface area contributed by atoms with E-state index in [9.17, 15) is 31.2 Å². The summed E-state index contributed by atoms with van der Waals surface area (Å²) in [5.41, 5.74) is -0.248. The van der Waals surface area contributed by atoms with Crippen molar-refractivity contribution in [2.45, 2.75) is 50.5 Å². The highest BCUT2D eigenvalue weighted by Crippen LogP contribution is 2.31. The van der Waals surface area contributed by atoms with E-state index in [1.165, 1.54) is 25.6 Å². The molecule has 14 heteroatoms. The van der Waals surface area contributed by atoms with Crippen LogP contribution in [0.2, 0.25) is 0 Å². The first-order chi connectivity index (χ1) is 18.5. The summed E-state index contributed by atoms with van der Waals surface area (Å²) in [6, 6.07) is 3.91. The number of nitrogens with one attached hydrogen (secondary N) is 1. The average Bonchev–Trinajstić information content (AvgIpc) is 3.58. The fraction of sp³-hybridized carbons (Fsp3) is 0.560. The summed E-state index contributed by atoms with van der Waals surface area (Å²) in [7, 11) is -3.71. The van der Waals surface area contributed by atoms with Crippen LogP contribution in [0.4, 0.5) is 13.2 Å². The van der Waals surface area contributed by atoms with Gasteiger partial charge in [0.25, 0.3) is 10.2 Å². The molecule has 0 radical (unpaired) electrons. The van der Waals surface area contributed by atoms with Crippen molar-refractivity contribution in [2.24, 2.45) is 5.92 Å². The van der Waals surface area contributed by atoms with Crippen LogP contribution in [0.1, 0.15) is 42.9 Å². The van der Waals surface area contributed by atoms with Gasteiger partial charge in [0.05, 0.1) is 23.9 Å². The fourth-order valence-electron chi connectivity index (χ4n) is 5.45. The third-order valence-corrected chi connectivity index (χ3v) is 9.68. The summed E-state index contributed by atoms with van der Waals surface area (Å²) in [5, 5.41) is 2.73. The Morgan fingerprint density at radius 2 is 1.72 bits per heavy atom. The van der Waals surface area contributed by atoms with Gasteiger partial charge < -0.3 is 14.8 Å². The Morgan fingerprint density at radius 1 is 1.00 bits per heavy atom. The Kier molecular flexibility index (Phi) is 7.71. The summed E-state index contributed by atoms with van der Waals surface area (Å²) < 4.78 is 69.4. The molecule has 3 fully saturated rings. The van der Waals surface area contributed by atoms with E-state index in [-0.39, 0.29) is 30.9 Å². The molecule has 3 aliphatic heterocycles. The zero-order chi connectivity index (χ0) is 27.8. The molecule has 0 unspecified atom stereocenters. The summed E-state index contributed by atoms with van der Waals surface area (Å²) in [4.78, 5) is 31.9. The third kappa shape index (κ3) is 5.82. The lowest BCUT2D eigenvalue weighted by atomic mass is 9.97. The van der Waals surface area contributed by atoms with Crippen LogP contribution >= 0.6 is 0 Å². The van der Waals surface area contributed by atoms with E-state index in [0.717, 1.165) is 12.1 Å². The van der Waals surface area contributed by atoms with Gasteiger partial charge in [-0.3, -0.25) is 9.59 Å². The van der Waals surface area contributed by atoms with Crippen molar-refractivity contribution in [1.29, 1.82) is 0 Å². The van der Waals surface area contributed by atoms with Gasteiger partial charge in [-0.05, 0) is 43.4 Å². The standard InChI is InChI=1S/C25H31F3N6O4S/c26-25(27,28)20-7-5-18(6-8-20)13-30-23(35)22-4-2-11-34(22)24(36)19-3-1-10-32(14-19)39(37,38)33-15-21(16-33)31-12-9-29-17-31/h5-9,12,17,19,21-22H,1-4,10-11,13-16H2,(H,30,35)/t19-,22+/m0/s1. The largest absolute Gasteiger partial charge is 0.416 e. The number of carbonyl (C=O) groups excluding carboxylic acids is 2. The minimum absolute atomic E-state index is 0.0379. The minimum Gasteiger partial charge on any atom is -0.350 e. The maximum absolute atomic E-state index is 13.4. The quantitative estimate of drug-likeness (QED) is 0.550. The molecule has 0 aliphatic carbocycles. The Balaban J connectivity index is 1.16. The minimum atomic E-state index is -4.43. The number of rotatable bonds is 7. The molecule has 2 aromatic rings. The number of alkyl halides is 3. The molecule has 1 aromatic heterocycles. The van der Waals surface area contributed by atoms with Gasteiger partial charge in [0.1, 0.15) is 6.04 Å². The van der Waals surface area contributed by atoms with Crippen molar-refractivity contribution in [3.8, 4) is 0 Å². The molecule has 0 saturated carbocycles. The highest BCUT2D eigenvalue weighted by atomic mass is 32.2. The second-order valence-corrected chi connectivity index (χ2v) is 12.2. The number of piperidine rings is 1. The molecular weight excluding hydrogens is 537 g/mol. The Morgan fingerprint density at radius 3 is 2.38 bits per heavy atom. The number of halogens is 3. The number of nitrogens with zero attached hydrogens (tertiary/aromatic N) is 5. The SMILES string of the molecule is O=C(NCc1ccc(C(F)(F)F)cc1)[C@H]1CCCN1C(=O)[C@H]1CCCN(S(=O)(=O)N2CC(n3ccnc3)C2)C1. The van der Waals surface area contributed by atoms with E-state index in [1.807, 2.05) is 4.57 Å². The van der Waals surface area contributed by atoms with Gasteiger partial charge in [-0.25, -0.2) is 4.98 Å². The van der Waals surface area contributed by atoms with E-state index in [1.54, 1.807) is 18.7 Å². The zero-order valence-corrected chi connectivity index (χ0v) is 22.1. The van der Waals surface area contributed by atoms with E-state index in [2.05, 4.69) is 10.3 Å². The molecule has 1 N–H and O–H groups in total. The number of hydrogen-bond donors (Lipinski definition) is 1. The first-order valence-electron chi connectivity index (χ1n) is 13.0. The van der Waals surface area contributed by atoms with Crippen LogP contribution in [0.25, 0.3) is 0 Å². The van der Waals surface area contributed by atoms with Crippen LogP contribution in [-0.4, -0.2) is 82.1 Å². The van der Waals surface area contributed by atoms with Crippen LogP contribution in [0, 0.1) is 5.92 Å². The maximum atomic E-state index is 13.4. The Labute approximate surface area is 224 Å². The molecular formula is C25H31F3N6O4S. The number of amides is 2. The second-order valence-electron chi connectivity index (χ2n) is 10.3. The molecule has 4 heterocycles. The molecule has 5 rings (SSSR count). The molecule has 0 spiro atoms. The molecule has 2 atom stereocenters. The van der Waals surface area contributed by atoms with Crippen LogP contribution < -0.4 is 5.32 Å². The van der Waals surface area contributed by atoms with Crippen molar-refractivity contribution < 1.29 is 31.2 Å². The Hall–Kier alpha value is -2.97. The van der Waals surface area contributed by atoms with Gasteiger partial charge in [0.2, 0.25) is 11.8 Å². The van der Waals surface area contributed by atoms with Gasteiger partial charge in [0, 0.05) is 51.7 Å². The van der Waals surface area contributed by atoms with Gasteiger partial charge in [0.15, 0.2) is 0 Å². The lowest BCUT2D eigenvalue weighted by Crippen LogP contribution is -2.58. The highest BCUT2D eigenvalue weighted by molar-refractivity contribution is 7.86. The summed E-state index contributed by atoms with van der Waals surface area (Å²) in [6.45, 7) is 1.56. The summed E-state index contributed by atoms with van der Waals surface area (Å²) >= 11 is 0. The second kappa shape index (κ2) is 10.9. The lowest BCUT2D eigenvalue weighted by Gasteiger charge is -2.43. The van der Waals surface area contributed by atoms with Crippen molar-refractivity contribution >= 4 is 22.0 Å². The molecule has 3 aliphatic rings. The molecule has 10 nitrogen and oxygen atoms in total. The predicted octanol–water partition coefficient (Wildman–Crippen LogP) is 2.02. The van der Waals surface area contributed by atoms with Crippen molar-refractivity contribution in [3.63, 3.8) is 0 Å². The molecule has 2 amide bonds. The number of carbonyl (C=O) groups is 2. The van der Waals surface area contributed by atoms with Gasteiger partial charge in [-0.15, -0.1) is 0 Å². The number of benzene rings is 1. The predicted molar refractivity (Wildman–Crippen MR) is 134 cm³/mol. The van der Waals surface area contributed by atoms with Gasteiger partial charge in [-0.2, -0.15) is 30.2 Å². The topological polar surface area (TPSA) is 108 Å². The molecule has 212 valence electrons.